The van der Waals surface area contributed by atoms with Gasteiger partial charge in [-0.15, -0.1) is 5.17 Å². The van der Waals surface area contributed by atoms with Crippen molar-refractivity contribution < 1.29 is 4.84 Å². The number of hydrazine groups is 1. The van der Waals surface area contributed by atoms with Crippen molar-refractivity contribution in [2.24, 2.45) is 0 Å². The fourth-order valence-electron chi connectivity index (χ4n) is 1.88. The highest BCUT2D eigenvalue weighted by atomic mass is 16.7. The molecule has 3 heteroatoms. The van der Waals surface area contributed by atoms with Crippen molar-refractivity contribution in [3.63, 3.8) is 0 Å². The molecule has 19 heavy (non-hydrogen) atoms. The standard InChI is InChI=1S/C16H14N2O/c1-2-13-8-10-15(11-9-13)18-17-12-16(19-18)14-6-4-3-5-7-14/h2-12,17H,1H2. The van der Waals surface area contributed by atoms with E-state index in [9.17, 15) is 0 Å². The highest BCUT2D eigenvalue weighted by Gasteiger charge is 2.17. The molecule has 2 aromatic carbocycles. The van der Waals surface area contributed by atoms with E-state index < -0.39 is 0 Å². The van der Waals surface area contributed by atoms with E-state index in [0.717, 1.165) is 22.6 Å². The van der Waals surface area contributed by atoms with Gasteiger partial charge in [0.25, 0.3) is 0 Å². The van der Waals surface area contributed by atoms with Crippen molar-refractivity contribution >= 4 is 17.5 Å². The highest BCUT2D eigenvalue weighted by molar-refractivity contribution is 5.63. The molecule has 0 spiro atoms. The SMILES string of the molecule is C=Cc1ccc(N2NC=C(c3ccccc3)O2)cc1. The zero-order valence-corrected chi connectivity index (χ0v) is 10.4. The summed E-state index contributed by atoms with van der Waals surface area (Å²) in [6, 6.07) is 17.9. The van der Waals surface area contributed by atoms with E-state index >= 15 is 0 Å². The average Bonchev–Trinajstić information content (AvgIpc) is 2.98. The van der Waals surface area contributed by atoms with E-state index in [2.05, 4.69) is 12.0 Å². The van der Waals surface area contributed by atoms with Crippen molar-refractivity contribution in [1.29, 1.82) is 0 Å². The molecule has 1 N–H and O–H groups in total. The van der Waals surface area contributed by atoms with Crippen LogP contribution in [0.2, 0.25) is 0 Å². The molecule has 0 atom stereocenters. The van der Waals surface area contributed by atoms with Crippen LogP contribution in [-0.4, -0.2) is 0 Å². The van der Waals surface area contributed by atoms with Gasteiger partial charge in [0.1, 0.15) is 0 Å². The normalized spacial score (nSPS) is 13.5. The summed E-state index contributed by atoms with van der Waals surface area (Å²) in [5.41, 5.74) is 6.14. The molecule has 0 amide bonds. The maximum Gasteiger partial charge on any atom is 0.182 e. The Morgan fingerprint density at radius 3 is 2.42 bits per heavy atom. The van der Waals surface area contributed by atoms with Crippen LogP contribution in [0, 0.1) is 0 Å². The molecule has 0 aromatic heterocycles. The van der Waals surface area contributed by atoms with Gasteiger partial charge in [0.15, 0.2) is 5.76 Å². The van der Waals surface area contributed by atoms with Gasteiger partial charge in [-0.25, -0.2) is 0 Å². The van der Waals surface area contributed by atoms with Crippen molar-refractivity contribution in [3.8, 4) is 0 Å². The second-order valence-electron chi connectivity index (χ2n) is 4.19. The molecule has 3 nitrogen and oxygen atoms in total. The lowest BCUT2D eigenvalue weighted by Crippen LogP contribution is -2.27. The van der Waals surface area contributed by atoms with Crippen molar-refractivity contribution in [1.82, 2.24) is 5.43 Å². The summed E-state index contributed by atoms with van der Waals surface area (Å²) >= 11 is 0. The van der Waals surface area contributed by atoms with Gasteiger partial charge in [-0.1, -0.05) is 55.1 Å². The molecule has 0 unspecified atom stereocenters. The fourth-order valence-corrected chi connectivity index (χ4v) is 1.88. The van der Waals surface area contributed by atoms with Crippen LogP contribution in [-0.2, 0) is 4.84 Å². The molecular formula is C16H14N2O. The number of hydrogen-bond donors (Lipinski definition) is 1. The average molecular weight is 250 g/mol. The van der Waals surface area contributed by atoms with Crippen LogP contribution in [0.5, 0.6) is 0 Å². The molecule has 0 radical (unpaired) electrons. The minimum atomic E-state index is 0.799. The predicted molar refractivity (Wildman–Crippen MR) is 77.7 cm³/mol. The van der Waals surface area contributed by atoms with Crippen LogP contribution in [0.15, 0.2) is 67.4 Å². The first kappa shape index (κ1) is 11.4. The molecule has 1 aliphatic rings. The van der Waals surface area contributed by atoms with Gasteiger partial charge >= 0.3 is 0 Å². The van der Waals surface area contributed by atoms with E-state index in [1.165, 1.54) is 0 Å². The van der Waals surface area contributed by atoms with Crippen LogP contribution >= 0.6 is 0 Å². The van der Waals surface area contributed by atoms with E-state index in [1.807, 2.05) is 66.9 Å². The summed E-state index contributed by atoms with van der Waals surface area (Å²) in [7, 11) is 0. The summed E-state index contributed by atoms with van der Waals surface area (Å²) in [4.78, 5) is 5.76. The molecule has 2 aromatic rings. The molecule has 0 fully saturated rings. The zero-order valence-electron chi connectivity index (χ0n) is 10.4. The number of anilines is 1. The Kier molecular flexibility index (Phi) is 2.94. The quantitative estimate of drug-likeness (QED) is 0.901. The van der Waals surface area contributed by atoms with E-state index in [4.69, 9.17) is 4.84 Å². The molecular weight excluding hydrogens is 236 g/mol. The lowest BCUT2D eigenvalue weighted by Gasteiger charge is -2.17. The first-order valence-electron chi connectivity index (χ1n) is 6.09. The predicted octanol–water partition coefficient (Wildman–Crippen LogP) is 3.58. The summed E-state index contributed by atoms with van der Waals surface area (Å²) in [6.07, 6.45) is 3.66. The third-order valence-electron chi connectivity index (χ3n) is 2.92. The molecule has 0 saturated heterocycles. The van der Waals surface area contributed by atoms with Crippen LogP contribution in [0.25, 0.3) is 11.8 Å². The number of rotatable bonds is 3. The minimum Gasteiger partial charge on any atom is -0.357 e. The maximum absolute atomic E-state index is 5.76. The number of hydrogen-bond acceptors (Lipinski definition) is 3. The van der Waals surface area contributed by atoms with Gasteiger partial charge in [-0.2, -0.15) is 0 Å². The Bertz CT molecular complexity index is 602. The van der Waals surface area contributed by atoms with E-state index in [1.54, 1.807) is 5.17 Å². The lowest BCUT2D eigenvalue weighted by atomic mass is 10.2. The smallest absolute Gasteiger partial charge is 0.182 e. The molecule has 94 valence electrons. The van der Waals surface area contributed by atoms with Crippen LogP contribution < -0.4 is 10.6 Å². The summed E-state index contributed by atoms with van der Waals surface area (Å²) < 4.78 is 0. The summed E-state index contributed by atoms with van der Waals surface area (Å²) in [5, 5.41) is 1.63. The first-order chi connectivity index (χ1) is 9.36. The van der Waals surface area contributed by atoms with Gasteiger partial charge in [-0.05, 0) is 17.7 Å². The van der Waals surface area contributed by atoms with Gasteiger partial charge in [0.2, 0.25) is 0 Å². The van der Waals surface area contributed by atoms with E-state index in [0.29, 0.717) is 0 Å². The Morgan fingerprint density at radius 2 is 1.74 bits per heavy atom. The molecule has 3 rings (SSSR count). The molecule has 1 heterocycles. The Labute approximate surface area is 112 Å². The largest absolute Gasteiger partial charge is 0.357 e. The van der Waals surface area contributed by atoms with Gasteiger partial charge < -0.3 is 4.84 Å². The number of nitrogens with one attached hydrogen (secondary N) is 1. The van der Waals surface area contributed by atoms with Gasteiger partial charge in [-0.3, -0.25) is 5.43 Å². The van der Waals surface area contributed by atoms with Crippen molar-refractivity contribution in [3.05, 3.63) is 78.5 Å². The summed E-state index contributed by atoms with van der Waals surface area (Å²) in [6.45, 7) is 3.74. The van der Waals surface area contributed by atoms with Crippen molar-refractivity contribution in [2.75, 3.05) is 5.17 Å². The fraction of sp³-hybridized carbons (Fsp3) is 0. The zero-order chi connectivity index (χ0) is 13.1. The number of nitrogens with zero attached hydrogens (tertiary/aromatic N) is 1. The van der Waals surface area contributed by atoms with Gasteiger partial charge in [0.05, 0.1) is 11.9 Å². The number of benzene rings is 2. The monoisotopic (exact) mass is 250 g/mol. The second kappa shape index (κ2) is 4.90. The van der Waals surface area contributed by atoms with Gasteiger partial charge in [0, 0.05) is 5.56 Å². The third-order valence-corrected chi connectivity index (χ3v) is 2.92. The molecule has 0 saturated carbocycles. The van der Waals surface area contributed by atoms with Crippen LogP contribution in [0.3, 0.4) is 0 Å². The Morgan fingerprint density at radius 1 is 1.00 bits per heavy atom. The topological polar surface area (TPSA) is 24.5 Å². The molecule has 0 bridgehead atoms. The third kappa shape index (κ3) is 2.31. The van der Waals surface area contributed by atoms with E-state index in [-0.39, 0.29) is 0 Å². The van der Waals surface area contributed by atoms with Crippen molar-refractivity contribution in [2.45, 2.75) is 0 Å². The minimum absolute atomic E-state index is 0.799. The lowest BCUT2D eigenvalue weighted by molar-refractivity contribution is 0.243. The Hall–Kier alpha value is -2.68. The second-order valence-corrected chi connectivity index (χ2v) is 4.19. The Balaban J connectivity index is 1.75. The summed E-state index contributed by atoms with van der Waals surface area (Å²) in [5.74, 6) is 0.799. The molecule has 0 aliphatic carbocycles. The molecule has 1 aliphatic heterocycles. The van der Waals surface area contributed by atoms with Crippen LogP contribution in [0.4, 0.5) is 5.69 Å². The first-order valence-corrected chi connectivity index (χ1v) is 6.09. The highest BCUT2D eigenvalue weighted by Crippen LogP contribution is 2.24. The van der Waals surface area contributed by atoms with Crippen LogP contribution in [0.1, 0.15) is 11.1 Å². The maximum atomic E-state index is 5.76.